The van der Waals surface area contributed by atoms with Gasteiger partial charge in [-0.15, -0.1) is 0 Å². The van der Waals surface area contributed by atoms with Crippen molar-refractivity contribution in [1.82, 2.24) is 9.47 Å². The van der Waals surface area contributed by atoms with Gasteiger partial charge in [0.15, 0.2) is 0 Å². The molecule has 2 aliphatic rings. The Morgan fingerprint density at radius 1 is 1.26 bits per heavy atom. The van der Waals surface area contributed by atoms with Crippen LogP contribution in [-0.4, -0.2) is 39.3 Å². The molecule has 1 unspecified atom stereocenters. The van der Waals surface area contributed by atoms with Gasteiger partial charge in [-0.05, 0) is 49.3 Å². The molecule has 1 aromatic heterocycles. The van der Waals surface area contributed by atoms with Gasteiger partial charge in [0.1, 0.15) is 21.8 Å². The zero-order chi connectivity index (χ0) is 24.4. The molecule has 8 heteroatoms. The maximum atomic E-state index is 13.3. The molecule has 1 aromatic carbocycles. The summed E-state index contributed by atoms with van der Waals surface area (Å²) in [7, 11) is 1.71. The van der Waals surface area contributed by atoms with Crippen LogP contribution in [0.5, 0.6) is 0 Å². The molecule has 2 aromatic rings. The van der Waals surface area contributed by atoms with E-state index in [1.165, 1.54) is 11.8 Å². The normalized spacial score (nSPS) is 19.7. The van der Waals surface area contributed by atoms with Crippen molar-refractivity contribution < 1.29 is 4.79 Å². The Kier molecular flexibility index (Phi) is 7.24. The number of nitrogens with zero attached hydrogens (tertiary/aromatic N) is 4. The molecule has 2 fully saturated rings. The van der Waals surface area contributed by atoms with Gasteiger partial charge in [-0.1, -0.05) is 61.2 Å². The molecule has 1 atom stereocenters. The second kappa shape index (κ2) is 10.2. The first-order valence-electron chi connectivity index (χ1n) is 11.5. The van der Waals surface area contributed by atoms with Crippen molar-refractivity contribution in [3.05, 3.63) is 67.8 Å². The summed E-state index contributed by atoms with van der Waals surface area (Å²) in [6.07, 6.45) is 4.73. The van der Waals surface area contributed by atoms with Gasteiger partial charge in [0.05, 0.1) is 4.91 Å². The van der Waals surface area contributed by atoms with Crippen LogP contribution in [0.2, 0.25) is 0 Å². The number of aromatic nitrogens is 1. The lowest BCUT2D eigenvalue weighted by Crippen LogP contribution is -2.39. The van der Waals surface area contributed by atoms with Crippen molar-refractivity contribution >= 4 is 46.1 Å². The molecular weight excluding hydrogens is 464 g/mol. The number of pyridine rings is 1. The van der Waals surface area contributed by atoms with E-state index in [0.717, 1.165) is 49.3 Å². The molecule has 2 saturated heterocycles. The van der Waals surface area contributed by atoms with E-state index in [1.54, 1.807) is 23.4 Å². The third-order valence-electron chi connectivity index (χ3n) is 6.54. The average Bonchev–Trinajstić information content (AvgIpc) is 3.09. The topological polar surface area (TPSA) is 69.3 Å². The third-order valence-corrected chi connectivity index (χ3v) is 7.92. The highest BCUT2D eigenvalue weighted by molar-refractivity contribution is 8.26. The number of hydrogen-bond acceptors (Lipinski definition) is 6. The summed E-state index contributed by atoms with van der Waals surface area (Å²) in [6, 6.07) is 12.1. The lowest BCUT2D eigenvalue weighted by Gasteiger charge is -2.35. The molecular formula is C26H28N4O2S2. The van der Waals surface area contributed by atoms with Crippen molar-refractivity contribution in [2.45, 2.75) is 33.1 Å². The van der Waals surface area contributed by atoms with E-state index in [0.29, 0.717) is 27.3 Å². The first-order valence-corrected chi connectivity index (χ1v) is 12.7. The number of piperidine rings is 1. The number of carbonyl (C=O) groups excluding carboxylic acids is 1. The number of hydrogen-bond donors (Lipinski definition) is 0. The number of thioether (sulfide) groups is 1. The minimum Gasteiger partial charge on any atom is -0.357 e. The maximum absolute atomic E-state index is 13.3. The fourth-order valence-electron chi connectivity index (χ4n) is 4.69. The summed E-state index contributed by atoms with van der Waals surface area (Å²) in [5.41, 5.74) is 2.31. The third kappa shape index (κ3) is 4.68. The molecule has 176 valence electrons. The van der Waals surface area contributed by atoms with Gasteiger partial charge in [-0.2, -0.15) is 5.26 Å². The predicted octanol–water partition coefficient (Wildman–Crippen LogP) is 4.25. The van der Waals surface area contributed by atoms with Crippen LogP contribution in [0.25, 0.3) is 6.08 Å². The molecule has 0 aliphatic carbocycles. The summed E-state index contributed by atoms with van der Waals surface area (Å²) in [6.45, 7) is 6.18. The summed E-state index contributed by atoms with van der Waals surface area (Å²) >= 11 is 6.82. The minimum absolute atomic E-state index is 0.113. The second-order valence-corrected chi connectivity index (χ2v) is 10.7. The van der Waals surface area contributed by atoms with Gasteiger partial charge in [-0.3, -0.25) is 19.1 Å². The van der Waals surface area contributed by atoms with Gasteiger partial charge < -0.3 is 4.90 Å². The Bertz CT molecular complexity index is 1260. The van der Waals surface area contributed by atoms with Crippen LogP contribution < -0.4 is 10.5 Å². The zero-order valence-corrected chi connectivity index (χ0v) is 21.3. The summed E-state index contributed by atoms with van der Waals surface area (Å²) in [5.74, 6) is 1.14. The molecule has 6 nitrogen and oxygen atoms in total. The monoisotopic (exact) mass is 492 g/mol. The summed E-state index contributed by atoms with van der Waals surface area (Å²) in [4.78, 5) is 30.6. The standard InChI is InChI=1S/C26H28N4O2S2/c1-17-8-7-12-29(16-17)23-20(18(2)21(15-27)24(31)28(23)3)14-22-25(32)30(26(33)34-22)13-11-19-9-5-4-6-10-19/h4-6,9-10,14,17H,7-8,11-13,16H2,1-3H3/b22-14-. The van der Waals surface area contributed by atoms with Crippen molar-refractivity contribution in [2.24, 2.45) is 13.0 Å². The lowest BCUT2D eigenvalue weighted by atomic mass is 9.98. The Balaban J connectivity index is 1.72. The van der Waals surface area contributed by atoms with E-state index >= 15 is 0 Å². The smallest absolute Gasteiger partial charge is 0.270 e. The van der Waals surface area contributed by atoms with Crippen molar-refractivity contribution in [1.29, 1.82) is 5.26 Å². The van der Waals surface area contributed by atoms with Crippen molar-refractivity contribution in [3.63, 3.8) is 0 Å². The predicted molar refractivity (Wildman–Crippen MR) is 142 cm³/mol. The number of rotatable bonds is 5. The Morgan fingerprint density at radius 3 is 2.68 bits per heavy atom. The van der Waals surface area contributed by atoms with Crippen LogP contribution in [-0.2, 0) is 18.3 Å². The number of carbonyl (C=O) groups is 1. The SMILES string of the molecule is Cc1c(/C=C2\SC(=S)N(CCc3ccccc3)C2=O)c(N2CCCC(C)C2)n(C)c(=O)c1C#N. The minimum atomic E-state index is -0.305. The molecule has 1 amide bonds. The molecule has 2 aliphatic heterocycles. The molecule has 0 bridgehead atoms. The van der Waals surface area contributed by atoms with Gasteiger partial charge in [0.2, 0.25) is 0 Å². The van der Waals surface area contributed by atoms with Gasteiger partial charge in [-0.25, -0.2) is 0 Å². The first kappa shape index (κ1) is 24.2. The number of thiocarbonyl (C=S) groups is 1. The van der Waals surface area contributed by atoms with Crippen LogP contribution in [0, 0.1) is 24.2 Å². The quantitative estimate of drug-likeness (QED) is 0.459. The highest BCUT2D eigenvalue weighted by atomic mass is 32.2. The number of nitriles is 1. The molecule has 34 heavy (non-hydrogen) atoms. The second-order valence-electron chi connectivity index (χ2n) is 8.98. The highest BCUT2D eigenvalue weighted by Crippen LogP contribution is 2.36. The van der Waals surface area contributed by atoms with E-state index in [2.05, 4.69) is 17.9 Å². The van der Waals surface area contributed by atoms with Crippen LogP contribution in [0.1, 0.15) is 42.0 Å². The molecule has 0 spiro atoms. The Morgan fingerprint density at radius 2 is 2.00 bits per heavy atom. The number of amides is 1. The zero-order valence-electron chi connectivity index (χ0n) is 19.7. The molecule has 0 radical (unpaired) electrons. The van der Waals surface area contributed by atoms with Gasteiger partial charge >= 0.3 is 0 Å². The Hall–Kier alpha value is -2.89. The van der Waals surface area contributed by atoms with Crippen molar-refractivity contribution in [3.8, 4) is 6.07 Å². The Labute approximate surface area is 209 Å². The van der Waals surface area contributed by atoms with E-state index in [4.69, 9.17) is 12.2 Å². The molecule has 0 N–H and O–H groups in total. The van der Waals surface area contributed by atoms with Crippen LogP contribution in [0.15, 0.2) is 40.0 Å². The number of benzene rings is 1. The van der Waals surface area contributed by atoms with Gasteiger partial charge in [0.25, 0.3) is 11.5 Å². The molecule has 4 rings (SSSR count). The van der Waals surface area contributed by atoms with E-state index in [-0.39, 0.29) is 17.0 Å². The first-order chi connectivity index (χ1) is 16.3. The highest BCUT2D eigenvalue weighted by Gasteiger charge is 2.33. The molecule has 3 heterocycles. The van der Waals surface area contributed by atoms with Crippen molar-refractivity contribution in [2.75, 3.05) is 24.5 Å². The summed E-state index contributed by atoms with van der Waals surface area (Å²) < 4.78 is 2.09. The van der Waals surface area contributed by atoms with E-state index < -0.39 is 0 Å². The fraction of sp³-hybridized carbons (Fsp3) is 0.385. The maximum Gasteiger partial charge on any atom is 0.270 e. The molecule has 0 saturated carbocycles. The van der Waals surface area contributed by atoms with Crippen LogP contribution in [0.3, 0.4) is 0 Å². The largest absolute Gasteiger partial charge is 0.357 e. The van der Waals surface area contributed by atoms with E-state index in [1.807, 2.05) is 36.4 Å². The summed E-state index contributed by atoms with van der Waals surface area (Å²) in [5, 5.41) is 9.67. The lowest BCUT2D eigenvalue weighted by molar-refractivity contribution is -0.122. The van der Waals surface area contributed by atoms with Crippen LogP contribution in [0.4, 0.5) is 5.82 Å². The fourth-order valence-corrected chi connectivity index (χ4v) is 5.98. The number of anilines is 1. The van der Waals surface area contributed by atoms with Crippen LogP contribution >= 0.6 is 24.0 Å². The van der Waals surface area contributed by atoms with Gasteiger partial charge in [0, 0.05) is 32.2 Å². The van der Waals surface area contributed by atoms with E-state index in [9.17, 15) is 14.9 Å². The average molecular weight is 493 g/mol.